The van der Waals surface area contributed by atoms with Crippen LogP contribution in [0.5, 0.6) is 0 Å². The van der Waals surface area contributed by atoms with Gasteiger partial charge in [0.25, 0.3) is 0 Å². The van der Waals surface area contributed by atoms with Crippen molar-refractivity contribution >= 4 is 17.5 Å². The van der Waals surface area contributed by atoms with E-state index < -0.39 is 5.41 Å². The highest BCUT2D eigenvalue weighted by atomic mass is 16.5. The average molecular weight is 415 g/mol. The number of ether oxygens (including phenoxy) is 1. The number of carbonyl (C=O) groups is 3. The minimum Gasteiger partial charge on any atom is -0.457 e. The lowest BCUT2D eigenvalue weighted by Crippen LogP contribution is -2.51. The molecule has 166 valence electrons. The third kappa shape index (κ3) is 3.39. The second kappa shape index (κ2) is 7.31. The first kappa shape index (κ1) is 21.8. The van der Waals surface area contributed by atoms with Crippen LogP contribution in [0, 0.1) is 39.9 Å². The maximum Gasteiger partial charge on any atom is 0.311 e. The molecular weight excluding hydrogens is 376 g/mol. The predicted molar refractivity (Wildman–Crippen MR) is 116 cm³/mol. The first-order valence-electron chi connectivity index (χ1n) is 11.9. The molecule has 0 bridgehead atoms. The molecule has 0 amide bonds. The highest BCUT2D eigenvalue weighted by molar-refractivity contribution is 5.91. The van der Waals surface area contributed by atoms with Crippen LogP contribution in [0.15, 0.2) is 11.6 Å². The van der Waals surface area contributed by atoms with Crippen molar-refractivity contribution in [3.63, 3.8) is 0 Å². The molecule has 4 unspecified atom stereocenters. The van der Waals surface area contributed by atoms with Gasteiger partial charge in [-0.25, -0.2) is 0 Å². The van der Waals surface area contributed by atoms with E-state index in [2.05, 4.69) is 13.8 Å². The quantitative estimate of drug-likeness (QED) is 0.589. The van der Waals surface area contributed by atoms with E-state index in [0.717, 1.165) is 44.9 Å². The van der Waals surface area contributed by atoms with Crippen molar-refractivity contribution < 1.29 is 19.1 Å². The van der Waals surface area contributed by atoms with Gasteiger partial charge in [0, 0.05) is 12.3 Å². The molecule has 0 N–H and O–H groups in total. The van der Waals surface area contributed by atoms with Crippen LogP contribution >= 0.6 is 0 Å². The first-order chi connectivity index (χ1) is 14.0. The fraction of sp³-hybridized carbons (Fsp3) is 0.808. The van der Waals surface area contributed by atoms with Crippen LogP contribution in [0.25, 0.3) is 0 Å². The predicted octanol–water partition coefficient (Wildman–Crippen LogP) is 5.29. The normalized spacial score (nSPS) is 40.7. The molecule has 3 saturated carbocycles. The molecule has 0 radical (unpaired) electrons. The van der Waals surface area contributed by atoms with Crippen LogP contribution in [-0.2, 0) is 19.1 Å². The Bertz CT molecular complexity index is 787. The molecule has 0 heterocycles. The fourth-order valence-electron chi connectivity index (χ4n) is 7.54. The van der Waals surface area contributed by atoms with E-state index in [9.17, 15) is 14.4 Å². The second-order valence-electron chi connectivity index (χ2n) is 11.9. The number of Topliss-reactive ketones (excluding diaryl/α,β-unsaturated/α-hetero) is 1. The van der Waals surface area contributed by atoms with Crippen molar-refractivity contribution in [3.05, 3.63) is 11.6 Å². The second-order valence-corrected chi connectivity index (χ2v) is 11.9. The topological polar surface area (TPSA) is 60.4 Å². The lowest BCUT2D eigenvalue weighted by atomic mass is 9.46. The number of rotatable bonds is 3. The molecular formula is C26H38O4. The Kier molecular flexibility index (Phi) is 5.30. The summed E-state index contributed by atoms with van der Waals surface area (Å²) in [5, 5.41) is 0. The molecule has 4 heteroatoms. The third-order valence-corrected chi connectivity index (χ3v) is 9.31. The van der Waals surface area contributed by atoms with E-state index in [4.69, 9.17) is 4.74 Å². The van der Waals surface area contributed by atoms with Gasteiger partial charge in [-0.15, -0.1) is 0 Å². The molecule has 3 fully saturated rings. The summed E-state index contributed by atoms with van der Waals surface area (Å²) in [6.45, 7) is 10.1. The number of hydrogen-bond acceptors (Lipinski definition) is 4. The monoisotopic (exact) mass is 414 g/mol. The highest BCUT2D eigenvalue weighted by Gasteiger charge is 2.60. The van der Waals surface area contributed by atoms with Gasteiger partial charge in [-0.1, -0.05) is 19.4 Å². The number of esters is 1. The molecule has 0 spiro atoms. The van der Waals surface area contributed by atoms with Crippen molar-refractivity contribution in [2.24, 2.45) is 39.9 Å². The van der Waals surface area contributed by atoms with Crippen molar-refractivity contribution in [2.45, 2.75) is 86.0 Å². The maximum atomic E-state index is 13.1. The Labute approximate surface area is 181 Å². The minimum absolute atomic E-state index is 0.00824. The van der Waals surface area contributed by atoms with E-state index in [1.165, 1.54) is 5.57 Å². The smallest absolute Gasteiger partial charge is 0.311 e. The zero-order valence-electron chi connectivity index (χ0n) is 19.4. The SMILES string of the molecule is CC(C)(C)C(=O)OCC(=O)C1CCC2C3CCC4=CC(=O)CC[C@]4(C)C3CC[C@]12C. The maximum absolute atomic E-state index is 13.1. The van der Waals surface area contributed by atoms with Crippen LogP contribution in [0.1, 0.15) is 86.0 Å². The number of hydrogen-bond donors (Lipinski definition) is 0. The van der Waals surface area contributed by atoms with Gasteiger partial charge in [-0.05, 0) is 100 Å². The molecule has 0 saturated heterocycles. The molecule has 4 rings (SSSR count). The zero-order chi connectivity index (χ0) is 21.9. The Balaban J connectivity index is 1.49. The van der Waals surface area contributed by atoms with Crippen LogP contribution < -0.4 is 0 Å². The average Bonchev–Trinajstić information content (AvgIpc) is 3.03. The standard InChI is InChI=1S/C26H38O4/c1-24(2,3)23(29)30-15-22(28)21-9-8-19-18-7-6-16-14-17(27)10-12-25(16,4)20(18)11-13-26(19,21)5/h14,18-21H,6-13,15H2,1-5H3/t18?,19?,20?,21?,25-,26-/m0/s1. The molecule has 4 nitrogen and oxygen atoms in total. The zero-order valence-corrected chi connectivity index (χ0v) is 19.4. The summed E-state index contributed by atoms with van der Waals surface area (Å²) >= 11 is 0. The largest absolute Gasteiger partial charge is 0.457 e. The van der Waals surface area contributed by atoms with Gasteiger partial charge in [0.15, 0.2) is 11.6 Å². The van der Waals surface area contributed by atoms with Crippen LogP contribution in [0.2, 0.25) is 0 Å². The van der Waals surface area contributed by atoms with Gasteiger partial charge in [0.1, 0.15) is 6.61 Å². The summed E-state index contributed by atoms with van der Waals surface area (Å²) in [6, 6.07) is 0. The van der Waals surface area contributed by atoms with Crippen molar-refractivity contribution in [1.82, 2.24) is 0 Å². The van der Waals surface area contributed by atoms with Crippen LogP contribution in [0.3, 0.4) is 0 Å². The number of fused-ring (bicyclic) bond motifs is 5. The molecule has 0 aromatic rings. The Morgan fingerprint density at radius 2 is 1.77 bits per heavy atom. The van der Waals surface area contributed by atoms with E-state index in [1.54, 1.807) is 0 Å². The fourth-order valence-corrected chi connectivity index (χ4v) is 7.54. The summed E-state index contributed by atoms with van der Waals surface area (Å²) in [5.74, 6) is 1.98. The first-order valence-corrected chi connectivity index (χ1v) is 11.9. The number of ketones is 2. The summed E-state index contributed by atoms with van der Waals surface area (Å²) in [6.07, 6.45) is 10.1. The van der Waals surface area contributed by atoms with Gasteiger partial charge in [0.2, 0.25) is 0 Å². The lowest BCUT2D eigenvalue weighted by Gasteiger charge is -2.58. The summed E-state index contributed by atoms with van der Waals surface area (Å²) in [7, 11) is 0. The van der Waals surface area contributed by atoms with E-state index in [-0.39, 0.29) is 35.1 Å². The lowest BCUT2D eigenvalue weighted by molar-refractivity contribution is -0.158. The van der Waals surface area contributed by atoms with Crippen LogP contribution in [-0.4, -0.2) is 24.1 Å². The van der Waals surface area contributed by atoms with E-state index >= 15 is 0 Å². The van der Waals surface area contributed by atoms with Gasteiger partial charge < -0.3 is 4.74 Å². The minimum atomic E-state index is -0.579. The summed E-state index contributed by atoms with van der Waals surface area (Å²) < 4.78 is 5.38. The number of allylic oxidation sites excluding steroid dienone is 1. The highest BCUT2D eigenvalue weighted by Crippen LogP contribution is 2.66. The molecule has 0 aromatic carbocycles. The van der Waals surface area contributed by atoms with Crippen molar-refractivity contribution in [1.29, 1.82) is 0 Å². The molecule has 4 aliphatic carbocycles. The third-order valence-electron chi connectivity index (χ3n) is 9.31. The Morgan fingerprint density at radius 1 is 1.03 bits per heavy atom. The molecule has 4 aliphatic rings. The van der Waals surface area contributed by atoms with Crippen LogP contribution in [0.4, 0.5) is 0 Å². The van der Waals surface area contributed by atoms with Gasteiger partial charge in [-0.3, -0.25) is 14.4 Å². The van der Waals surface area contributed by atoms with E-state index in [1.807, 2.05) is 26.8 Å². The Morgan fingerprint density at radius 3 is 2.47 bits per heavy atom. The summed E-state index contributed by atoms with van der Waals surface area (Å²) in [5.41, 5.74) is 1.00. The van der Waals surface area contributed by atoms with E-state index in [0.29, 0.717) is 30.0 Å². The molecule has 6 atom stereocenters. The van der Waals surface area contributed by atoms with Gasteiger partial charge in [-0.2, -0.15) is 0 Å². The van der Waals surface area contributed by atoms with Crippen molar-refractivity contribution in [3.8, 4) is 0 Å². The molecule has 0 aliphatic heterocycles. The number of carbonyl (C=O) groups excluding carboxylic acids is 3. The van der Waals surface area contributed by atoms with Gasteiger partial charge >= 0.3 is 5.97 Å². The summed E-state index contributed by atoms with van der Waals surface area (Å²) in [4.78, 5) is 37.2. The Hall–Kier alpha value is -1.45. The molecule has 0 aromatic heterocycles. The van der Waals surface area contributed by atoms with Crippen molar-refractivity contribution in [2.75, 3.05) is 6.61 Å². The van der Waals surface area contributed by atoms with Gasteiger partial charge in [0.05, 0.1) is 5.41 Å². The molecule has 30 heavy (non-hydrogen) atoms.